The highest BCUT2D eigenvalue weighted by atomic mass is 16.6. The molecule has 0 amide bonds. The number of ether oxygens (including phenoxy) is 2. The monoisotopic (exact) mass is 897 g/mol. The molecular formula is C64H39N3O3. The summed E-state index contributed by atoms with van der Waals surface area (Å²) in [6.45, 7) is 0. The third-order valence-corrected chi connectivity index (χ3v) is 13.9. The Morgan fingerprint density at radius 1 is 0.329 bits per heavy atom. The van der Waals surface area contributed by atoms with Crippen molar-refractivity contribution < 1.29 is 13.9 Å². The molecule has 6 heteroatoms. The third kappa shape index (κ3) is 6.24. The van der Waals surface area contributed by atoms with Crippen LogP contribution in [0, 0.1) is 0 Å². The van der Waals surface area contributed by atoms with Gasteiger partial charge in [-0.25, -0.2) is 15.0 Å². The maximum Gasteiger partial charge on any atom is 0.178 e. The molecule has 0 N–H and O–H groups in total. The van der Waals surface area contributed by atoms with Gasteiger partial charge in [0.05, 0.1) is 5.41 Å². The minimum absolute atomic E-state index is 0.534. The van der Waals surface area contributed by atoms with E-state index < -0.39 is 5.41 Å². The number of para-hydroxylation sites is 2. The fourth-order valence-electron chi connectivity index (χ4n) is 10.7. The summed E-state index contributed by atoms with van der Waals surface area (Å²) in [5, 5.41) is 2.21. The molecular weight excluding hydrogens is 859 g/mol. The lowest BCUT2D eigenvalue weighted by Gasteiger charge is -2.34. The van der Waals surface area contributed by atoms with E-state index in [1.165, 1.54) is 22.3 Å². The van der Waals surface area contributed by atoms with E-state index in [0.717, 1.165) is 77.8 Å². The quantitative estimate of drug-likeness (QED) is 0.159. The summed E-state index contributed by atoms with van der Waals surface area (Å²) in [6.07, 6.45) is 0. The Bertz CT molecular complexity index is 3940. The summed E-state index contributed by atoms with van der Waals surface area (Å²) in [4.78, 5) is 15.1. The van der Waals surface area contributed by atoms with Crippen molar-refractivity contribution >= 4 is 21.9 Å². The van der Waals surface area contributed by atoms with Gasteiger partial charge in [0.25, 0.3) is 0 Å². The van der Waals surface area contributed by atoms with E-state index >= 15 is 0 Å². The lowest BCUT2D eigenvalue weighted by atomic mass is 9.68. The molecule has 2 aliphatic rings. The van der Waals surface area contributed by atoms with Crippen molar-refractivity contribution in [3.8, 4) is 90.5 Å². The van der Waals surface area contributed by atoms with Crippen LogP contribution in [0.5, 0.6) is 23.0 Å². The van der Waals surface area contributed by atoms with Gasteiger partial charge in [0.15, 0.2) is 40.5 Å². The molecule has 2 aromatic heterocycles. The summed E-state index contributed by atoms with van der Waals surface area (Å²) in [5.74, 6) is 4.52. The molecule has 3 heterocycles. The van der Waals surface area contributed by atoms with Crippen molar-refractivity contribution in [2.75, 3.05) is 0 Å². The Kier molecular flexibility index (Phi) is 9.01. The van der Waals surface area contributed by atoms with Crippen LogP contribution in [-0.4, -0.2) is 15.0 Å². The zero-order chi connectivity index (χ0) is 46.2. The van der Waals surface area contributed by atoms with Gasteiger partial charge in [-0.1, -0.05) is 212 Å². The molecule has 14 rings (SSSR count). The highest BCUT2D eigenvalue weighted by Gasteiger charge is 2.48. The summed E-state index contributed by atoms with van der Waals surface area (Å²) >= 11 is 0. The minimum Gasteiger partial charge on any atom is -0.455 e. The smallest absolute Gasteiger partial charge is 0.178 e. The second-order valence-electron chi connectivity index (χ2n) is 17.8. The number of furan rings is 1. The van der Waals surface area contributed by atoms with Gasteiger partial charge in [-0.15, -0.1) is 0 Å². The number of benzene rings is 10. The largest absolute Gasteiger partial charge is 0.455 e. The summed E-state index contributed by atoms with van der Waals surface area (Å²) in [7, 11) is 0. The van der Waals surface area contributed by atoms with E-state index in [9.17, 15) is 0 Å². The predicted molar refractivity (Wildman–Crippen MR) is 278 cm³/mol. The van der Waals surface area contributed by atoms with Gasteiger partial charge in [0, 0.05) is 38.6 Å². The number of hydrogen-bond donors (Lipinski definition) is 0. The van der Waals surface area contributed by atoms with Gasteiger partial charge >= 0.3 is 0 Å². The Balaban J connectivity index is 0.786. The van der Waals surface area contributed by atoms with Crippen molar-refractivity contribution in [2.24, 2.45) is 0 Å². The van der Waals surface area contributed by atoms with E-state index in [0.29, 0.717) is 34.7 Å². The summed E-state index contributed by atoms with van der Waals surface area (Å²) in [5.41, 5.74) is 15.0. The van der Waals surface area contributed by atoms with Gasteiger partial charge in [-0.2, -0.15) is 0 Å². The fraction of sp³-hybridized carbons (Fsp3) is 0.0156. The van der Waals surface area contributed by atoms with Gasteiger partial charge in [0.1, 0.15) is 11.2 Å². The molecule has 10 aromatic carbocycles. The van der Waals surface area contributed by atoms with Gasteiger partial charge in [0.2, 0.25) is 0 Å². The Hall–Kier alpha value is -9.39. The number of nitrogens with zero attached hydrogens (tertiary/aromatic N) is 3. The second-order valence-corrected chi connectivity index (χ2v) is 17.8. The molecule has 0 unspecified atom stereocenters. The maximum absolute atomic E-state index is 6.91. The van der Waals surface area contributed by atoms with E-state index in [1.807, 2.05) is 54.6 Å². The number of rotatable bonds is 7. The SMILES string of the molecule is c1ccc(-c2nc(-c3ccc(-c4ccc5c(c4)Oc4ccc6c(c4O5)-c4ccccc4C6(c4ccccc4)c4ccccc4)cc3)nc(-c3ccc(-c4cccc5c4oc4ccccc45)cc3)n2)cc1. The van der Waals surface area contributed by atoms with Crippen LogP contribution < -0.4 is 9.47 Å². The first-order valence-corrected chi connectivity index (χ1v) is 23.5. The van der Waals surface area contributed by atoms with Crippen LogP contribution in [0.25, 0.3) is 89.5 Å². The second kappa shape index (κ2) is 15.9. The third-order valence-electron chi connectivity index (χ3n) is 13.9. The van der Waals surface area contributed by atoms with Crippen LogP contribution in [0.4, 0.5) is 0 Å². The first kappa shape index (κ1) is 39.7. The van der Waals surface area contributed by atoms with Crippen molar-refractivity contribution in [1.29, 1.82) is 0 Å². The van der Waals surface area contributed by atoms with E-state index in [1.54, 1.807) is 0 Å². The molecule has 0 saturated heterocycles. The molecule has 0 radical (unpaired) electrons. The van der Waals surface area contributed by atoms with Crippen molar-refractivity contribution in [3.05, 3.63) is 259 Å². The summed E-state index contributed by atoms with van der Waals surface area (Å²) in [6, 6.07) is 81.9. The summed E-state index contributed by atoms with van der Waals surface area (Å²) < 4.78 is 20.0. The minimum atomic E-state index is -0.534. The normalized spacial score (nSPS) is 12.9. The van der Waals surface area contributed by atoms with Crippen molar-refractivity contribution in [3.63, 3.8) is 0 Å². The van der Waals surface area contributed by atoms with Crippen LogP contribution in [0.1, 0.15) is 22.3 Å². The molecule has 1 aliphatic carbocycles. The molecule has 0 atom stereocenters. The molecule has 0 spiro atoms. The maximum atomic E-state index is 6.91. The van der Waals surface area contributed by atoms with E-state index in [4.69, 9.17) is 28.8 Å². The molecule has 0 saturated carbocycles. The zero-order valence-corrected chi connectivity index (χ0v) is 37.6. The van der Waals surface area contributed by atoms with E-state index in [2.05, 4.69) is 182 Å². The number of fused-ring (bicyclic) bond motifs is 9. The van der Waals surface area contributed by atoms with Crippen LogP contribution in [-0.2, 0) is 5.41 Å². The van der Waals surface area contributed by atoms with Crippen LogP contribution in [0.3, 0.4) is 0 Å². The first-order valence-electron chi connectivity index (χ1n) is 23.5. The lowest BCUT2D eigenvalue weighted by Crippen LogP contribution is -2.28. The average molecular weight is 898 g/mol. The molecule has 328 valence electrons. The topological polar surface area (TPSA) is 70.3 Å². The zero-order valence-electron chi connectivity index (χ0n) is 37.6. The Morgan fingerprint density at radius 3 is 1.56 bits per heavy atom. The highest BCUT2D eigenvalue weighted by molar-refractivity contribution is 6.09. The van der Waals surface area contributed by atoms with Gasteiger partial charge in [-0.05, 0) is 68.8 Å². The van der Waals surface area contributed by atoms with Crippen LogP contribution in [0.2, 0.25) is 0 Å². The van der Waals surface area contributed by atoms with Crippen molar-refractivity contribution in [1.82, 2.24) is 15.0 Å². The van der Waals surface area contributed by atoms with Gasteiger partial charge < -0.3 is 13.9 Å². The average Bonchev–Trinajstić information content (AvgIpc) is 3.98. The molecule has 6 nitrogen and oxygen atoms in total. The molecule has 70 heavy (non-hydrogen) atoms. The first-order chi connectivity index (χ1) is 34.7. The number of hydrogen-bond acceptors (Lipinski definition) is 6. The molecule has 12 aromatic rings. The fourth-order valence-corrected chi connectivity index (χ4v) is 10.7. The standard InChI is InChI=1S/C64H39N3O3/c1-4-15-42(16-5-1)61-65-62(67-63(66-61)44-33-29-41(30-34-44)48-23-14-24-50-49-21-11-13-26-54(49)69-59(48)50)43-31-27-40(28-32-43)45-35-37-55-57(39-45)68-56-38-36-53-58(60(56)70-55)51-22-10-12-25-52(51)64(53,46-17-6-2-7-18-46)47-19-8-3-9-20-47/h1-39H. The van der Waals surface area contributed by atoms with Gasteiger partial charge in [-0.3, -0.25) is 0 Å². The lowest BCUT2D eigenvalue weighted by molar-refractivity contribution is 0.360. The number of aromatic nitrogens is 3. The highest BCUT2D eigenvalue weighted by Crippen LogP contribution is 2.62. The molecule has 0 fully saturated rings. The molecule has 0 bridgehead atoms. The van der Waals surface area contributed by atoms with Crippen molar-refractivity contribution in [2.45, 2.75) is 5.41 Å². The van der Waals surface area contributed by atoms with E-state index in [-0.39, 0.29) is 0 Å². The Morgan fingerprint density at radius 2 is 0.857 bits per heavy atom. The van der Waals surface area contributed by atoms with Crippen LogP contribution >= 0.6 is 0 Å². The molecule has 1 aliphatic heterocycles. The van der Waals surface area contributed by atoms with Crippen LogP contribution in [0.15, 0.2) is 241 Å². The predicted octanol–water partition coefficient (Wildman–Crippen LogP) is 16.4. The Labute approximate surface area is 403 Å².